The molecule has 0 atom stereocenters. The minimum Gasteiger partial charge on any atom is -0.478 e. The zero-order chi connectivity index (χ0) is 31.2. The van der Waals surface area contributed by atoms with Crippen LogP contribution in [0.5, 0.6) is 0 Å². The number of anilines is 3. The van der Waals surface area contributed by atoms with Gasteiger partial charge >= 0.3 is 11.9 Å². The number of benzene rings is 3. The number of rotatable bonds is 11. The van der Waals surface area contributed by atoms with E-state index in [1.165, 1.54) is 6.08 Å². The monoisotopic (exact) mass is 600 g/mol. The smallest absolute Gasteiger partial charge is 0.328 e. The Bertz CT molecular complexity index is 1500. The van der Waals surface area contributed by atoms with Crippen molar-refractivity contribution in [3.8, 4) is 6.07 Å². The molecule has 0 saturated carbocycles. The average molecular weight is 601 g/mol. The van der Waals surface area contributed by atoms with E-state index in [1.807, 2.05) is 77.7 Å². The highest BCUT2D eigenvalue weighted by Gasteiger charge is 2.31. The molecule has 1 amide bonds. The van der Waals surface area contributed by atoms with Crippen molar-refractivity contribution in [1.82, 2.24) is 4.90 Å². The second-order valence-electron chi connectivity index (χ2n) is 9.69. The minimum absolute atomic E-state index is 0.0283. The highest BCUT2D eigenvalue weighted by Crippen LogP contribution is 2.42. The maximum absolute atomic E-state index is 13.8. The van der Waals surface area contributed by atoms with Crippen molar-refractivity contribution in [2.24, 2.45) is 0 Å². The number of carboxylic acids is 2. The van der Waals surface area contributed by atoms with E-state index in [9.17, 15) is 14.4 Å². The number of carbonyl (C=O) groups is 3. The lowest BCUT2D eigenvalue weighted by atomic mass is 10.1. The lowest BCUT2D eigenvalue weighted by Gasteiger charge is -2.28. The van der Waals surface area contributed by atoms with Crippen molar-refractivity contribution in [2.75, 3.05) is 36.5 Å². The summed E-state index contributed by atoms with van der Waals surface area (Å²) in [6, 6.07) is 25.7. The van der Waals surface area contributed by atoms with E-state index >= 15 is 0 Å². The standard InChI is InChI=1S/C29H29ClN4O.C4H4O4/c1-32(18-8-7-17-31)19-9-10-20-33-26-13-5-6-14-27(26)34(22-23-11-3-2-4-12-23)29(35)25-16-15-24(30)21-28(25)33;5-3(6)1-2-4(7)8/h2-8,11-16,21H,9-10,18-20,22H2,1H3;1-2H,(H,5,6)(H,7,8)/b8-7+;2-1-. The molecule has 0 aliphatic carbocycles. The van der Waals surface area contributed by atoms with Crippen LogP contribution < -0.4 is 9.80 Å². The van der Waals surface area contributed by atoms with Gasteiger partial charge in [-0.2, -0.15) is 5.26 Å². The van der Waals surface area contributed by atoms with Crippen LogP contribution in [0.15, 0.2) is 97.1 Å². The van der Waals surface area contributed by atoms with Crippen LogP contribution in [-0.4, -0.2) is 59.6 Å². The number of carbonyl (C=O) groups excluding carboxylic acids is 1. The lowest BCUT2D eigenvalue weighted by Crippen LogP contribution is -2.29. The van der Waals surface area contributed by atoms with E-state index in [2.05, 4.69) is 22.9 Å². The predicted octanol–water partition coefficient (Wildman–Crippen LogP) is 6.14. The van der Waals surface area contributed by atoms with Gasteiger partial charge in [-0.25, -0.2) is 9.59 Å². The molecule has 1 aliphatic rings. The number of halogens is 1. The van der Waals surface area contributed by atoms with Gasteiger partial charge < -0.3 is 24.9 Å². The number of unbranched alkanes of at least 4 members (excludes halogenated alkanes) is 1. The SMILES string of the molecule is CN(C/C=C/C#N)CCCCN1c2cc(Cl)ccc2C(=O)N(Cc2ccccc2)c2ccccc21.O=C(O)/C=C\C(=O)O. The van der Waals surface area contributed by atoms with Crippen molar-refractivity contribution < 1.29 is 24.6 Å². The summed E-state index contributed by atoms with van der Waals surface area (Å²) < 4.78 is 0. The molecule has 0 saturated heterocycles. The number of para-hydroxylation sites is 2. The zero-order valence-electron chi connectivity index (χ0n) is 23.8. The molecule has 3 aromatic carbocycles. The Kier molecular flexibility index (Phi) is 12.5. The molecule has 0 radical (unpaired) electrons. The van der Waals surface area contributed by atoms with Gasteiger partial charge in [0, 0.05) is 36.3 Å². The number of likely N-dealkylation sites (N-methyl/N-ethyl adjacent to an activating group) is 1. The third-order valence-electron chi connectivity index (χ3n) is 6.52. The largest absolute Gasteiger partial charge is 0.478 e. The molecule has 0 unspecified atom stereocenters. The number of allylic oxidation sites excluding steroid dienone is 1. The Hall–Kier alpha value is -4.91. The summed E-state index contributed by atoms with van der Waals surface area (Å²) in [5, 5.41) is 24.9. The average Bonchev–Trinajstić information content (AvgIpc) is 3.08. The fraction of sp³-hybridized carbons (Fsp3) is 0.212. The summed E-state index contributed by atoms with van der Waals surface area (Å²) in [6.07, 6.45) is 6.44. The van der Waals surface area contributed by atoms with Crippen LogP contribution in [0.25, 0.3) is 0 Å². The van der Waals surface area contributed by atoms with Gasteiger partial charge in [0.15, 0.2) is 0 Å². The Labute approximate surface area is 256 Å². The van der Waals surface area contributed by atoms with Crippen molar-refractivity contribution in [3.05, 3.63) is 113 Å². The van der Waals surface area contributed by atoms with E-state index in [1.54, 1.807) is 6.07 Å². The lowest BCUT2D eigenvalue weighted by molar-refractivity contribution is -0.134. The molecule has 0 bridgehead atoms. The quantitative estimate of drug-likeness (QED) is 0.153. The van der Waals surface area contributed by atoms with E-state index < -0.39 is 11.9 Å². The summed E-state index contributed by atoms with van der Waals surface area (Å²) in [5.41, 5.74) is 4.47. The number of hydrogen-bond donors (Lipinski definition) is 2. The van der Waals surface area contributed by atoms with Crippen LogP contribution in [0.4, 0.5) is 17.1 Å². The molecular formula is C33H33ClN4O5. The Morgan fingerprint density at radius 3 is 2.16 bits per heavy atom. The number of amides is 1. The highest BCUT2D eigenvalue weighted by molar-refractivity contribution is 6.31. The number of nitriles is 1. The van der Waals surface area contributed by atoms with Gasteiger partial charge in [0.2, 0.25) is 0 Å². The van der Waals surface area contributed by atoms with Crippen LogP contribution in [0.2, 0.25) is 5.02 Å². The number of hydrogen-bond acceptors (Lipinski definition) is 6. The first-order valence-electron chi connectivity index (χ1n) is 13.6. The molecule has 1 aliphatic heterocycles. The molecule has 4 rings (SSSR count). The van der Waals surface area contributed by atoms with Crippen molar-refractivity contribution in [1.29, 1.82) is 5.26 Å². The summed E-state index contributed by atoms with van der Waals surface area (Å²) in [5.74, 6) is -2.54. The molecule has 0 spiro atoms. The maximum Gasteiger partial charge on any atom is 0.328 e. The van der Waals surface area contributed by atoms with Gasteiger partial charge in [-0.15, -0.1) is 0 Å². The molecule has 1 heterocycles. The normalized spacial score (nSPS) is 12.4. The second-order valence-corrected chi connectivity index (χ2v) is 10.1. The first kappa shape index (κ1) is 32.6. The summed E-state index contributed by atoms with van der Waals surface area (Å²) >= 11 is 6.41. The molecule has 9 nitrogen and oxygen atoms in total. The van der Waals surface area contributed by atoms with Crippen LogP contribution in [0.1, 0.15) is 28.8 Å². The molecular weight excluding hydrogens is 568 g/mol. The summed E-state index contributed by atoms with van der Waals surface area (Å²) in [6.45, 7) is 2.93. The Balaban J connectivity index is 0.000000557. The van der Waals surface area contributed by atoms with E-state index in [0.29, 0.717) is 29.3 Å². The van der Waals surface area contributed by atoms with Crippen LogP contribution in [-0.2, 0) is 16.1 Å². The molecule has 0 fully saturated rings. The molecule has 3 aromatic rings. The van der Waals surface area contributed by atoms with E-state index in [-0.39, 0.29) is 5.91 Å². The third kappa shape index (κ3) is 9.85. The first-order chi connectivity index (χ1) is 20.7. The van der Waals surface area contributed by atoms with E-state index in [4.69, 9.17) is 27.1 Å². The fourth-order valence-corrected chi connectivity index (χ4v) is 4.72. The van der Waals surface area contributed by atoms with Crippen LogP contribution in [0, 0.1) is 11.3 Å². The van der Waals surface area contributed by atoms with Gasteiger partial charge in [-0.1, -0.05) is 60.1 Å². The summed E-state index contributed by atoms with van der Waals surface area (Å²) in [4.78, 5) is 39.2. The first-order valence-corrected chi connectivity index (χ1v) is 14.0. The van der Waals surface area contributed by atoms with Gasteiger partial charge in [-0.05, 0) is 62.3 Å². The molecule has 43 heavy (non-hydrogen) atoms. The van der Waals surface area contributed by atoms with Crippen molar-refractivity contribution >= 4 is 46.5 Å². The summed E-state index contributed by atoms with van der Waals surface area (Å²) in [7, 11) is 2.05. The maximum atomic E-state index is 13.8. The molecule has 0 aromatic heterocycles. The minimum atomic E-state index is -1.26. The van der Waals surface area contributed by atoms with Crippen molar-refractivity contribution in [3.63, 3.8) is 0 Å². The number of nitrogens with zero attached hydrogens (tertiary/aromatic N) is 4. The van der Waals surface area contributed by atoms with Gasteiger partial charge in [0.25, 0.3) is 5.91 Å². The second kappa shape index (κ2) is 16.5. The number of fused-ring (bicyclic) bond motifs is 2. The zero-order valence-corrected chi connectivity index (χ0v) is 24.5. The van der Waals surface area contributed by atoms with Gasteiger partial charge in [-0.3, -0.25) is 4.79 Å². The van der Waals surface area contributed by atoms with Crippen LogP contribution in [0.3, 0.4) is 0 Å². The van der Waals surface area contributed by atoms with Crippen molar-refractivity contribution in [2.45, 2.75) is 19.4 Å². The van der Waals surface area contributed by atoms with Gasteiger partial charge in [0.05, 0.1) is 35.2 Å². The fourth-order valence-electron chi connectivity index (χ4n) is 4.55. The number of aliphatic carboxylic acids is 2. The van der Waals surface area contributed by atoms with Gasteiger partial charge in [0.1, 0.15) is 0 Å². The molecule has 2 N–H and O–H groups in total. The molecule has 222 valence electrons. The third-order valence-corrected chi connectivity index (χ3v) is 6.76. The predicted molar refractivity (Wildman–Crippen MR) is 168 cm³/mol. The van der Waals surface area contributed by atoms with Crippen LogP contribution >= 0.6 is 11.6 Å². The Morgan fingerprint density at radius 1 is 0.907 bits per heavy atom. The highest BCUT2D eigenvalue weighted by atomic mass is 35.5. The molecule has 10 heteroatoms. The topological polar surface area (TPSA) is 125 Å². The Morgan fingerprint density at radius 2 is 1.53 bits per heavy atom. The van der Waals surface area contributed by atoms with E-state index in [0.717, 1.165) is 55.1 Å². The number of carboxylic acid groups (broad SMARTS) is 2.